The fourth-order valence-electron chi connectivity index (χ4n) is 1.99. The minimum absolute atomic E-state index is 0.136. The van der Waals surface area contributed by atoms with Crippen molar-refractivity contribution in [2.75, 3.05) is 5.32 Å². The van der Waals surface area contributed by atoms with Gasteiger partial charge in [-0.3, -0.25) is 10.1 Å². The Kier molecular flexibility index (Phi) is 3.68. The van der Waals surface area contributed by atoms with Gasteiger partial charge in [0.05, 0.1) is 11.9 Å². The normalized spacial score (nSPS) is 11.5. The van der Waals surface area contributed by atoms with E-state index in [1.807, 2.05) is 0 Å². The maximum absolute atomic E-state index is 12.7. The summed E-state index contributed by atoms with van der Waals surface area (Å²) < 4.78 is 38.0. The Morgan fingerprint density at radius 1 is 1.17 bits per heavy atom. The average molecular weight is 320 g/mol. The number of halogens is 3. The van der Waals surface area contributed by atoms with Crippen LogP contribution in [-0.2, 0) is 6.18 Å². The lowest BCUT2D eigenvalue weighted by atomic mass is 10.2. The van der Waals surface area contributed by atoms with Crippen molar-refractivity contribution < 1.29 is 13.2 Å². The third-order valence-electron chi connectivity index (χ3n) is 2.95. The first-order valence-corrected chi connectivity index (χ1v) is 6.57. The van der Waals surface area contributed by atoms with E-state index in [0.717, 1.165) is 17.8 Å². The van der Waals surface area contributed by atoms with E-state index in [2.05, 4.69) is 30.5 Å². The van der Waals surface area contributed by atoms with E-state index in [-0.39, 0.29) is 5.95 Å². The summed E-state index contributed by atoms with van der Waals surface area (Å²) in [4.78, 5) is 11.6. The Hall–Kier alpha value is -2.97. The lowest BCUT2D eigenvalue weighted by molar-refractivity contribution is -0.141. The predicted octanol–water partition coefficient (Wildman–Crippen LogP) is 3.33. The summed E-state index contributed by atoms with van der Waals surface area (Å²) >= 11 is 0. The van der Waals surface area contributed by atoms with E-state index in [4.69, 9.17) is 0 Å². The third kappa shape index (κ3) is 3.44. The number of aromatic nitrogens is 5. The van der Waals surface area contributed by atoms with Crippen molar-refractivity contribution in [3.05, 3.63) is 48.2 Å². The van der Waals surface area contributed by atoms with Crippen molar-refractivity contribution in [2.24, 2.45) is 0 Å². The largest absolute Gasteiger partial charge is 0.433 e. The third-order valence-corrected chi connectivity index (χ3v) is 2.95. The van der Waals surface area contributed by atoms with Gasteiger partial charge in [-0.25, -0.2) is 9.97 Å². The molecule has 9 heteroatoms. The highest BCUT2D eigenvalue weighted by molar-refractivity contribution is 5.65. The molecule has 23 heavy (non-hydrogen) atoms. The summed E-state index contributed by atoms with van der Waals surface area (Å²) in [6, 6.07) is 4.19. The topological polar surface area (TPSA) is 79.4 Å². The first-order valence-electron chi connectivity index (χ1n) is 6.57. The summed E-state index contributed by atoms with van der Waals surface area (Å²) in [5.41, 5.74) is 1.62. The van der Waals surface area contributed by atoms with Crippen LogP contribution in [-0.4, -0.2) is 25.1 Å². The Morgan fingerprint density at radius 3 is 2.70 bits per heavy atom. The first-order chi connectivity index (χ1) is 10.9. The van der Waals surface area contributed by atoms with Crippen LogP contribution in [0.5, 0.6) is 0 Å². The number of nitrogens with zero attached hydrogens (tertiary/aromatic N) is 4. The van der Waals surface area contributed by atoms with E-state index in [0.29, 0.717) is 17.1 Å². The molecule has 3 rings (SSSR count). The molecule has 0 radical (unpaired) electrons. The highest BCUT2D eigenvalue weighted by Gasteiger charge is 2.32. The molecule has 0 spiro atoms. The predicted molar refractivity (Wildman–Crippen MR) is 76.9 cm³/mol. The van der Waals surface area contributed by atoms with Crippen molar-refractivity contribution in [1.82, 2.24) is 25.1 Å². The number of rotatable bonds is 3. The highest BCUT2D eigenvalue weighted by atomic mass is 19.4. The molecule has 0 amide bonds. The molecular weight excluding hydrogens is 309 g/mol. The maximum Gasteiger partial charge on any atom is 0.433 e. The standard InChI is InChI=1S/C14H11F3N6/c1-8-4-10(5-11(21-8)9-6-19-20-7-9)22-13-18-3-2-12(23-13)14(15,16)17/h2-7H,1H3,(H,19,20)(H,18,21,22,23). The summed E-state index contributed by atoms with van der Waals surface area (Å²) in [5, 5.41) is 9.29. The second kappa shape index (κ2) is 5.67. The minimum Gasteiger partial charge on any atom is -0.324 e. The Labute approximate surface area is 128 Å². The zero-order valence-electron chi connectivity index (χ0n) is 11.9. The number of pyridine rings is 1. The molecule has 0 fully saturated rings. The molecule has 0 saturated heterocycles. The van der Waals surface area contributed by atoms with Crippen LogP contribution >= 0.6 is 0 Å². The first kappa shape index (κ1) is 14.9. The average Bonchev–Trinajstić information content (AvgIpc) is 3.00. The van der Waals surface area contributed by atoms with Gasteiger partial charge >= 0.3 is 6.18 Å². The van der Waals surface area contributed by atoms with Gasteiger partial charge in [-0.1, -0.05) is 0 Å². The van der Waals surface area contributed by atoms with Crippen molar-refractivity contribution in [3.8, 4) is 11.3 Å². The SMILES string of the molecule is Cc1cc(Nc2nccc(C(F)(F)F)n2)cc(-c2cn[nH]c2)n1. The molecule has 0 aliphatic rings. The van der Waals surface area contributed by atoms with E-state index >= 15 is 0 Å². The quantitative estimate of drug-likeness (QED) is 0.774. The zero-order valence-corrected chi connectivity index (χ0v) is 11.9. The van der Waals surface area contributed by atoms with Crippen molar-refractivity contribution in [1.29, 1.82) is 0 Å². The molecule has 6 nitrogen and oxygen atoms in total. The number of alkyl halides is 3. The van der Waals surface area contributed by atoms with Crippen LogP contribution in [0.2, 0.25) is 0 Å². The zero-order chi connectivity index (χ0) is 16.4. The second-order valence-electron chi connectivity index (χ2n) is 4.76. The molecule has 0 saturated carbocycles. The Morgan fingerprint density at radius 2 is 2.00 bits per heavy atom. The molecule has 0 aliphatic carbocycles. The smallest absolute Gasteiger partial charge is 0.324 e. The monoisotopic (exact) mass is 320 g/mol. The van der Waals surface area contributed by atoms with Gasteiger partial charge in [-0.2, -0.15) is 18.3 Å². The van der Waals surface area contributed by atoms with E-state index in [1.54, 1.807) is 31.5 Å². The molecule has 0 aromatic carbocycles. The van der Waals surface area contributed by atoms with Crippen molar-refractivity contribution in [3.63, 3.8) is 0 Å². The molecule has 0 bridgehead atoms. The summed E-state index contributed by atoms with van der Waals surface area (Å²) in [7, 11) is 0. The maximum atomic E-state index is 12.7. The van der Waals surface area contributed by atoms with Gasteiger partial charge < -0.3 is 5.32 Å². The van der Waals surface area contributed by atoms with Gasteiger partial charge in [0.25, 0.3) is 0 Å². The number of hydrogen-bond donors (Lipinski definition) is 2. The molecule has 3 heterocycles. The van der Waals surface area contributed by atoms with Gasteiger partial charge in [-0.15, -0.1) is 0 Å². The van der Waals surface area contributed by atoms with E-state index in [9.17, 15) is 13.2 Å². The number of anilines is 2. The minimum atomic E-state index is -4.52. The molecule has 3 aromatic rings. The summed E-state index contributed by atoms with van der Waals surface area (Å²) in [6.45, 7) is 1.78. The van der Waals surface area contributed by atoms with Crippen LogP contribution in [0.4, 0.5) is 24.8 Å². The van der Waals surface area contributed by atoms with Gasteiger partial charge in [0, 0.05) is 29.3 Å². The highest BCUT2D eigenvalue weighted by Crippen LogP contribution is 2.28. The lowest BCUT2D eigenvalue weighted by Gasteiger charge is -2.10. The lowest BCUT2D eigenvalue weighted by Crippen LogP contribution is -2.10. The molecular formula is C14H11F3N6. The van der Waals surface area contributed by atoms with Crippen LogP contribution in [0.3, 0.4) is 0 Å². The summed E-state index contributed by atoms with van der Waals surface area (Å²) in [6.07, 6.45) is -0.183. The molecule has 2 N–H and O–H groups in total. The number of nitrogens with one attached hydrogen (secondary N) is 2. The van der Waals surface area contributed by atoms with Gasteiger partial charge in [0.1, 0.15) is 5.69 Å². The van der Waals surface area contributed by atoms with Crippen LogP contribution in [0.1, 0.15) is 11.4 Å². The number of aromatic amines is 1. The number of aryl methyl sites for hydroxylation is 1. The Bertz CT molecular complexity index is 814. The molecule has 118 valence electrons. The van der Waals surface area contributed by atoms with Crippen LogP contribution < -0.4 is 5.32 Å². The van der Waals surface area contributed by atoms with Crippen LogP contribution in [0.15, 0.2) is 36.8 Å². The fraction of sp³-hybridized carbons (Fsp3) is 0.143. The summed E-state index contributed by atoms with van der Waals surface area (Å²) in [5.74, 6) is -0.136. The molecule has 0 aliphatic heterocycles. The van der Waals surface area contributed by atoms with Gasteiger partial charge in [0.15, 0.2) is 0 Å². The van der Waals surface area contributed by atoms with Gasteiger partial charge in [0.2, 0.25) is 5.95 Å². The second-order valence-corrected chi connectivity index (χ2v) is 4.76. The Balaban J connectivity index is 1.92. The number of hydrogen-bond acceptors (Lipinski definition) is 5. The van der Waals surface area contributed by atoms with E-state index in [1.165, 1.54) is 0 Å². The molecule has 0 unspecified atom stereocenters. The number of H-pyrrole nitrogens is 1. The van der Waals surface area contributed by atoms with Crippen molar-refractivity contribution >= 4 is 11.6 Å². The van der Waals surface area contributed by atoms with Gasteiger partial charge in [-0.05, 0) is 25.1 Å². The van der Waals surface area contributed by atoms with Crippen molar-refractivity contribution in [2.45, 2.75) is 13.1 Å². The van der Waals surface area contributed by atoms with E-state index < -0.39 is 11.9 Å². The van der Waals surface area contributed by atoms with Crippen LogP contribution in [0, 0.1) is 6.92 Å². The fourth-order valence-corrected chi connectivity index (χ4v) is 1.99. The molecule has 3 aromatic heterocycles. The van der Waals surface area contributed by atoms with Crippen LogP contribution in [0.25, 0.3) is 11.3 Å². The molecule has 0 atom stereocenters.